The van der Waals surface area contributed by atoms with E-state index in [-0.39, 0.29) is 12.0 Å². The zero-order chi connectivity index (χ0) is 13.4. The molecule has 0 saturated heterocycles. The predicted octanol–water partition coefficient (Wildman–Crippen LogP) is 2.25. The Morgan fingerprint density at radius 3 is 3.06 bits per heavy atom. The van der Waals surface area contributed by atoms with Crippen LogP contribution in [0.1, 0.15) is 43.6 Å². The van der Waals surface area contributed by atoms with Crippen LogP contribution in [-0.4, -0.2) is 30.1 Å². The zero-order valence-electron chi connectivity index (χ0n) is 10.9. The highest BCUT2D eigenvalue weighted by Crippen LogP contribution is 2.16. The van der Waals surface area contributed by atoms with Gasteiger partial charge in [-0.25, -0.2) is 9.78 Å². The number of ether oxygens (including phenoxy) is 1. The van der Waals surface area contributed by atoms with Crippen LogP contribution in [0.5, 0.6) is 0 Å². The second-order valence-electron chi connectivity index (χ2n) is 4.04. The lowest BCUT2D eigenvalue weighted by molar-refractivity contribution is 0.0520. The lowest BCUT2D eigenvalue weighted by atomic mass is 10.1. The Balaban J connectivity index is 2.37. The number of esters is 1. The monoisotopic (exact) mass is 271 g/mol. The fourth-order valence-electron chi connectivity index (χ4n) is 1.44. The van der Waals surface area contributed by atoms with Gasteiger partial charge < -0.3 is 15.8 Å². The number of hydrogen-bond acceptors (Lipinski definition) is 6. The molecule has 1 aromatic heterocycles. The number of anilines is 1. The zero-order valence-corrected chi connectivity index (χ0v) is 11.8. The molecule has 0 spiro atoms. The maximum atomic E-state index is 11.4. The third-order valence-corrected chi connectivity index (χ3v) is 3.23. The van der Waals surface area contributed by atoms with Crippen LogP contribution in [-0.2, 0) is 4.74 Å². The highest BCUT2D eigenvalue weighted by atomic mass is 32.1. The van der Waals surface area contributed by atoms with E-state index in [1.807, 2.05) is 0 Å². The van der Waals surface area contributed by atoms with Gasteiger partial charge in [0.1, 0.15) is 0 Å². The number of thiazole rings is 1. The molecule has 1 rings (SSSR count). The van der Waals surface area contributed by atoms with Crippen molar-refractivity contribution in [3.63, 3.8) is 0 Å². The van der Waals surface area contributed by atoms with Crippen molar-refractivity contribution in [1.82, 2.24) is 4.98 Å². The Morgan fingerprint density at radius 1 is 1.61 bits per heavy atom. The number of hydrogen-bond donors (Lipinski definition) is 2. The molecule has 0 aliphatic rings. The van der Waals surface area contributed by atoms with Crippen LogP contribution in [0.15, 0.2) is 5.38 Å². The van der Waals surface area contributed by atoms with Gasteiger partial charge in [-0.05, 0) is 13.3 Å². The Morgan fingerprint density at radius 2 is 2.39 bits per heavy atom. The summed E-state index contributed by atoms with van der Waals surface area (Å²) in [4.78, 5) is 15.6. The molecule has 1 heterocycles. The van der Waals surface area contributed by atoms with Crippen LogP contribution in [0, 0.1) is 0 Å². The Kier molecular flexibility index (Phi) is 6.67. The van der Waals surface area contributed by atoms with Gasteiger partial charge in [0.15, 0.2) is 10.8 Å². The summed E-state index contributed by atoms with van der Waals surface area (Å²) >= 11 is 1.39. The maximum absolute atomic E-state index is 11.4. The number of nitrogens with zero attached hydrogens (tertiary/aromatic N) is 1. The number of aromatic nitrogens is 1. The Hall–Kier alpha value is -1.14. The molecule has 0 bridgehead atoms. The molecule has 3 N–H and O–H groups in total. The second-order valence-corrected chi connectivity index (χ2v) is 4.90. The summed E-state index contributed by atoms with van der Waals surface area (Å²) in [5.74, 6) is -0.378. The molecule has 0 aliphatic carbocycles. The van der Waals surface area contributed by atoms with Crippen molar-refractivity contribution < 1.29 is 9.53 Å². The molecule has 1 aromatic rings. The van der Waals surface area contributed by atoms with Crippen LogP contribution in [0.3, 0.4) is 0 Å². The largest absolute Gasteiger partial charge is 0.461 e. The first-order chi connectivity index (χ1) is 8.67. The van der Waals surface area contributed by atoms with Gasteiger partial charge in [-0.2, -0.15) is 0 Å². The maximum Gasteiger partial charge on any atom is 0.357 e. The first kappa shape index (κ1) is 14.9. The molecule has 5 nitrogen and oxygen atoms in total. The minimum absolute atomic E-state index is 0.125. The number of nitrogens with two attached hydrogens (primary N) is 1. The minimum Gasteiger partial charge on any atom is -0.461 e. The summed E-state index contributed by atoms with van der Waals surface area (Å²) in [5, 5.41) is 5.55. The number of nitrogens with one attached hydrogen (secondary N) is 1. The minimum atomic E-state index is -0.378. The van der Waals surface area contributed by atoms with Gasteiger partial charge in [0.05, 0.1) is 6.61 Å². The van der Waals surface area contributed by atoms with Gasteiger partial charge in [0.2, 0.25) is 0 Å². The number of unbranched alkanes of at least 4 members (excludes halogenated alkanes) is 1. The normalized spacial score (nSPS) is 12.2. The van der Waals surface area contributed by atoms with Crippen LogP contribution in [0.4, 0.5) is 5.13 Å². The Bertz CT molecular complexity index is 368. The third kappa shape index (κ3) is 5.01. The van der Waals surface area contributed by atoms with E-state index in [1.165, 1.54) is 11.3 Å². The summed E-state index contributed by atoms with van der Waals surface area (Å²) in [6, 6.07) is 0.125. The molecule has 0 aliphatic heterocycles. The summed E-state index contributed by atoms with van der Waals surface area (Å²) < 4.78 is 4.87. The van der Waals surface area contributed by atoms with Gasteiger partial charge in [-0.1, -0.05) is 19.8 Å². The highest BCUT2D eigenvalue weighted by Gasteiger charge is 2.11. The second kappa shape index (κ2) is 8.05. The fourth-order valence-corrected chi connectivity index (χ4v) is 2.13. The Labute approximate surface area is 112 Å². The summed E-state index contributed by atoms with van der Waals surface area (Å²) in [6.07, 6.45) is 3.28. The van der Waals surface area contributed by atoms with Gasteiger partial charge in [-0.15, -0.1) is 11.3 Å². The number of rotatable bonds is 8. The van der Waals surface area contributed by atoms with E-state index < -0.39 is 0 Å². The fraction of sp³-hybridized carbons (Fsp3) is 0.667. The van der Waals surface area contributed by atoms with Crippen LogP contribution < -0.4 is 11.1 Å². The highest BCUT2D eigenvalue weighted by molar-refractivity contribution is 7.13. The summed E-state index contributed by atoms with van der Waals surface area (Å²) in [5.41, 5.74) is 6.30. The molecule has 0 saturated carbocycles. The third-order valence-electron chi connectivity index (χ3n) is 2.43. The molecule has 1 atom stereocenters. The quantitative estimate of drug-likeness (QED) is 0.709. The SMILES string of the molecule is CCCCC(N)CNc1nc(C(=O)OCC)cs1. The standard InChI is InChI=1S/C12H21N3O2S/c1-3-5-6-9(13)7-14-12-15-10(8-18-12)11(16)17-4-2/h8-9H,3-7,13H2,1-2H3,(H,14,15). The molecular weight excluding hydrogens is 250 g/mol. The van der Waals surface area contributed by atoms with Crippen LogP contribution in [0.2, 0.25) is 0 Å². The van der Waals surface area contributed by atoms with Gasteiger partial charge in [0.25, 0.3) is 0 Å². The molecule has 0 fully saturated rings. The van der Waals surface area contributed by atoms with Crippen molar-refractivity contribution in [2.45, 2.75) is 39.2 Å². The molecule has 102 valence electrons. The summed E-state index contributed by atoms with van der Waals surface area (Å²) in [7, 11) is 0. The smallest absolute Gasteiger partial charge is 0.357 e. The molecule has 6 heteroatoms. The average molecular weight is 271 g/mol. The number of carbonyl (C=O) groups is 1. The molecule has 0 amide bonds. The van der Waals surface area contributed by atoms with Gasteiger partial charge in [0, 0.05) is 18.0 Å². The first-order valence-electron chi connectivity index (χ1n) is 6.29. The number of carbonyl (C=O) groups excluding carboxylic acids is 1. The van der Waals surface area contributed by atoms with Gasteiger partial charge in [-0.3, -0.25) is 0 Å². The summed E-state index contributed by atoms with van der Waals surface area (Å²) in [6.45, 7) is 4.96. The topological polar surface area (TPSA) is 77.2 Å². The lowest BCUT2D eigenvalue weighted by Crippen LogP contribution is -2.28. The first-order valence-corrected chi connectivity index (χ1v) is 7.17. The van der Waals surface area contributed by atoms with Crippen molar-refractivity contribution in [2.24, 2.45) is 5.73 Å². The van der Waals surface area contributed by atoms with E-state index in [4.69, 9.17) is 10.5 Å². The molecule has 0 aromatic carbocycles. The molecular formula is C12H21N3O2S. The van der Waals surface area contributed by atoms with Crippen molar-refractivity contribution in [2.75, 3.05) is 18.5 Å². The average Bonchev–Trinajstić information content (AvgIpc) is 2.83. The van der Waals surface area contributed by atoms with E-state index in [2.05, 4.69) is 17.2 Å². The van der Waals surface area contributed by atoms with E-state index in [9.17, 15) is 4.79 Å². The molecule has 1 unspecified atom stereocenters. The molecule has 0 radical (unpaired) electrons. The van der Waals surface area contributed by atoms with E-state index >= 15 is 0 Å². The van der Waals surface area contributed by atoms with Gasteiger partial charge >= 0.3 is 5.97 Å². The van der Waals surface area contributed by atoms with E-state index in [0.29, 0.717) is 24.0 Å². The van der Waals surface area contributed by atoms with Crippen LogP contribution in [0.25, 0.3) is 0 Å². The van der Waals surface area contributed by atoms with E-state index in [0.717, 1.165) is 19.3 Å². The van der Waals surface area contributed by atoms with Crippen molar-refractivity contribution in [1.29, 1.82) is 0 Å². The van der Waals surface area contributed by atoms with Crippen molar-refractivity contribution >= 4 is 22.4 Å². The van der Waals surface area contributed by atoms with Crippen LogP contribution >= 0.6 is 11.3 Å². The molecule has 18 heavy (non-hydrogen) atoms. The lowest BCUT2D eigenvalue weighted by Gasteiger charge is -2.10. The predicted molar refractivity (Wildman–Crippen MR) is 74.1 cm³/mol. The van der Waals surface area contributed by atoms with E-state index in [1.54, 1.807) is 12.3 Å². The van der Waals surface area contributed by atoms with Crippen molar-refractivity contribution in [3.05, 3.63) is 11.1 Å². The van der Waals surface area contributed by atoms with Crippen molar-refractivity contribution in [3.8, 4) is 0 Å².